The van der Waals surface area contributed by atoms with Crippen molar-refractivity contribution in [3.8, 4) is 5.75 Å². The predicted molar refractivity (Wildman–Crippen MR) is 75.2 cm³/mol. The summed E-state index contributed by atoms with van der Waals surface area (Å²) in [6.07, 6.45) is 0. The summed E-state index contributed by atoms with van der Waals surface area (Å²) in [5, 5.41) is 0.268. The molecule has 0 saturated carbocycles. The fourth-order valence-electron chi connectivity index (χ4n) is 1.67. The van der Waals surface area contributed by atoms with Crippen LogP contribution in [0, 0.1) is 0 Å². The number of amides is 1. The summed E-state index contributed by atoms with van der Waals surface area (Å²) in [6.45, 7) is 0.296. The summed E-state index contributed by atoms with van der Waals surface area (Å²) < 4.78 is 5.58. The highest BCUT2D eigenvalue weighted by molar-refractivity contribution is 6.33. The molecule has 0 spiro atoms. The largest absolute Gasteiger partial charge is 0.486 e. The predicted octanol–water partition coefficient (Wildman–Crippen LogP) is 2.60. The van der Waals surface area contributed by atoms with Gasteiger partial charge >= 0.3 is 0 Å². The second-order valence-corrected chi connectivity index (χ2v) is 4.43. The minimum absolute atomic E-state index is 0.181. The van der Waals surface area contributed by atoms with E-state index in [1.165, 1.54) is 12.1 Å². The third-order valence-corrected chi connectivity index (χ3v) is 2.84. The van der Waals surface area contributed by atoms with Crippen LogP contribution in [0.3, 0.4) is 0 Å². The molecule has 19 heavy (non-hydrogen) atoms. The van der Waals surface area contributed by atoms with E-state index in [-0.39, 0.29) is 16.3 Å². The van der Waals surface area contributed by atoms with Gasteiger partial charge in [-0.1, -0.05) is 41.9 Å². The van der Waals surface area contributed by atoms with Gasteiger partial charge in [-0.15, -0.1) is 0 Å². The lowest BCUT2D eigenvalue weighted by molar-refractivity contribution is 0.0996. The number of carbonyl (C=O) groups is 1. The van der Waals surface area contributed by atoms with E-state index in [2.05, 4.69) is 0 Å². The first-order valence-corrected chi connectivity index (χ1v) is 6.01. The molecule has 0 radical (unpaired) electrons. The SMILES string of the molecule is NC(=O)c1cc(N)cc(Cl)c1OCc1ccccc1. The molecule has 0 aliphatic carbocycles. The van der Waals surface area contributed by atoms with Crippen molar-refractivity contribution in [3.63, 3.8) is 0 Å². The number of ether oxygens (including phenoxy) is 1. The zero-order chi connectivity index (χ0) is 13.8. The van der Waals surface area contributed by atoms with Crippen LogP contribution in [-0.2, 0) is 6.61 Å². The van der Waals surface area contributed by atoms with Crippen LogP contribution < -0.4 is 16.2 Å². The summed E-state index contributed by atoms with van der Waals surface area (Å²) >= 11 is 6.03. The van der Waals surface area contributed by atoms with E-state index in [1.807, 2.05) is 30.3 Å². The van der Waals surface area contributed by atoms with Crippen molar-refractivity contribution in [3.05, 3.63) is 58.6 Å². The molecular weight excluding hydrogens is 264 g/mol. The van der Waals surface area contributed by atoms with Gasteiger partial charge in [0, 0.05) is 5.69 Å². The number of benzene rings is 2. The van der Waals surface area contributed by atoms with Gasteiger partial charge in [-0.25, -0.2) is 0 Å². The molecule has 0 fully saturated rings. The van der Waals surface area contributed by atoms with Gasteiger partial charge in [-0.3, -0.25) is 4.79 Å². The maximum atomic E-state index is 11.4. The number of halogens is 1. The number of nitrogen functional groups attached to an aromatic ring is 1. The number of nitrogens with two attached hydrogens (primary N) is 2. The molecule has 5 heteroatoms. The number of rotatable bonds is 4. The first-order valence-electron chi connectivity index (χ1n) is 5.63. The number of hydrogen-bond acceptors (Lipinski definition) is 3. The number of primary amides is 1. The molecule has 2 aromatic carbocycles. The minimum Gasteiger partial charge on any atom is -0.486 e. The summed E-state index contributed by atoms with van der Waals surface area (Å²) in [5.41, 5.74) is 12.4. The Labute approximate surface area is 115 Å². The fourth-order valence-corrected chi connectivity index (χ4v) is 1.96. The second kappa shape index (κ2) is 5.63. The van der Waals surface area contributed by atoms with Crippen molar-refractivity contribution in [1.82, 2.24) is 0 Å². The molecule has 0 bridgehead atoms. The van der Waals surface area contributed by atoms with E-state index in [1.54, 1.807) is 0 Å². The Hall–Kier alpha value is -2.20. The first-order chi connectivity index (χ1) is 9.08. The molecule has 0 heterocycles. The van der Waals surface area contributed by atoms with Gasteiger partial charge in [0.1, 0.15) is 6.61 Å². The van der Waals surface area contributed by atoms with Gasteiger partial charge in [0.25, 0.3) is 5.91 Å². The molecule has 0 saturated heterocycles. The molecule has 2 aromatic rings. The fraction of sp³-hybridized carbons (Fsp3) is 0.0714. The van der Waals surface area contributed by atoms with Crippen molar-refractivity contribution in [2.45, 2.75) is 6.61 Å². The average molecular weight is 277 g/mol. The zero-order valence-electron chi connectivity index (χ0n) is 10.1. The topological polar surface area (TPSA) is 78.3 Å². The summed E-state index contributed by atoms with van der Waals surface area (Å²) in [4.78, 5) is 11.4. The highest BCUT2D eigenvalue weighted by Crippen LogP contribution is 2.31. The standard InChI is InChI=1S/C14H13ClN2O2/c15-12-7-10(16)6-11(14(17)18)13(12)19-8-9-4-2-1-3-5-9/h1-7H,8,16H2,(H2,17,18). The molecule has 2 rings (SSSR count). The van der Waals surface area contributed by atoms with Gasteiger partial charge in [-0.05, 0) is 17.7 Å². The monoisotopic (exact) mass is 276 g/mol. The third-order valence-electron chi connectivity index (χ3n) is 2.56. The molecular formula is C14H13ClN2O2. The highest BCUT2D eigenvalue weighted by atomic mass is 35.5. The molecule has 98 valence electrons. The van der Waals surface area contributed by atoms with E-state index < -0.39 is 5.91 Å². The number of carbonyl (C=O) groups excluding carboxylic acids is 1. The van der Waals surface area contributed by atoms with Crippen molar-refractivity contribution < 1.29 is 9.53 Å². The van der Waals surface area contributed by atoms with Gasteiger partial charge in [0.05, 0.1) is 10.6 Å². The van der Waals surface area contributed by atoms with Gasteiger partial charge in [0.2, 0.25) is 0 Å². The van der Waals surface area contributed by atoms with Crippen LogP contribution in [0.5, 0.6) is 5.75 Å². The van der Waals surface area contributed by atoms with Gasteiger partial charge < -0.3 is 16.2 Å². The molecule has 0 aliphatic heterocycles. The smallest absolute Gasteiger partial charge is 0.252 e. The Morgan fingerprint density at radius 3 is 2.53 bits per heavy atom. The number of hydrogen-bond donors (Lipinski definition) is 2. The van der Waals surface area contributed by atoms with Crippen LogP contribution >= 0.6 is 11.6 Å². The van der Waals surface area contributed by atoms with E-state index in [0.717, 1.165) is 5.56 Å². The molecule has 0 aliphatic rings. The highest BCUT2D eigenvalue weighted by Gasteiger charge is 2.14. The molecule has 1 amide bonds. The Morgan fingerprint density at radius 1 is 1.21 bits per heavy atom. The molecule has 0 aromatic heterocycles. The lowest BCUT2D eigenvalue weighted by Crippen LogP contribution is -2.14. The quantitative estimate of drug-likeness (QED) is 0.843. The Balaban J connectivity index is 2.27. The maximum absolute atomic E-state index is 11.4. The van der Waals surface area contributed by atoms with Gasteiger partial charge in [0.15, 0.2) is 5.75 Å². The van der Waals surface area contributed by atoms with Crippen LogP contribution in [0.2, 0.25) is 5.02 Å². The van der Waals surface area contributed by atoms with E-state index in [9.17, 15) is 4.79 Å². The van der Waals surface area contributed by atoms with Crippen molar-refractivity contribution in [2.24, 2.45) is 5.73 Å². The minimum atomic E-state index is -0.628. The Bertz CT molecular complexity index is 600. The van der Waals surface area contributed by atoms with Crippen LogP contribution in [0.1, 0.15) is 15.9 Å². The third kappa shape index (κ3) is 3.17. The lowest BCUT2D eigenvalue weighted by Gasteiger charge is -2.12. The Kier molecular flexibility index (Phi) is 3.92. The van der Waals surface area contributed by atoms with E-state index >= 15 is 0 Å². The molecule has 0 unspecified atom stereocenters. The van der Waals surface area contributed by atoms with E-state index in [0.29, 0.717) is 12.3 Å². The zero-order valence-corrected chi connectivity index (χ0v) is 10.9. The second-order valence-electron chi connectivity index (χ2n) is 4.02. The van der Waals surface area contributed by atoms with Crippen molar-refractivity contribution >= 4 is 23.2 Å². The number of anilines is 1. The lowest BCUT2D eigenvalue weighted by atomic mass is 10.1. The molecule has 4 nitrogen and oxygen atoms in total. The van der Waals surface area contributed by atoms with Crippen LogP contribution in [-0.4, -0.2) is 5.91 Å². The van der Waals surface area contributed by atoms with E-state index in [4.69, 9.17) is 27.8 Å². The first kappa shape index (κ1) is 13.2. The summed E-state index contributed by atoms with van der Waals surface area (Å²) in [7, 11) is 0. The Morgan fingerprint density at radius 2 is 1.89 bits per heavy atom. The van der Waals surface area contributed by atoms with Crippen LogP contribution in [0.4, 0.5) is 5.69 Å². The van der Waals surface area contributed by atoms with Crippen molar-refractivity contribution in [2.75, 3.05) is 5.73 Å². The van der Waals surface area contributed by atoms with Crippen LogP contribution in [0.15, 0.2) is 42.5 Å². The van der Waals surface area contributed by atoms with Gasteiger partial charge in [-0.2, -0.15) is 0 Å². The molecule has 0 atom stereocenters. The van der Waals surface area contributed by atoms with Crippen LogP contribution in [0.25, 0.3) is 0 Å². The molecule has 4 N–H and O–H groups in total. The summed E-state index contributed by atoms with van der Waals surface area (Å²) in [6, 6.07) is 12.5. The van der Waals surface area contributed by atoms with Crippen molar-refractivity contribution in [1.29, 1.82) is 0 Å². The maximum Gasteiger partial charge on any atom is 0.252 e. The normalized spacial score (nSPS) is 10.2. The average Bonchev–Trinajstić information content (AvgIpc) is 2.38. The summed E-state index contributed by atoms with van der Waals surface area (Å²) in [5.74, 6) is -0.371.